The number of hydrogen-bond donors (Lipinski definition) is 1. The third-order valence-corrected chi connectivity index (χ3v) is 5.84. The lowest BCUT2D eigenvalue weighted by Crippen LogP contribution is -2.60. The third-order valence-electron chi connectivity index (χ3n) is 5.84. The Morgan fingerprint density at radius 1 is 0.862 bits per heavy atom. The van der Waals surface area contributed by atoms with E-state index in [0.717, 1.165) is 11.1 Å². The molecule has 1 N–H and O–H groups in total. The molecule has 1 saturated heterocycles. The summed E-state index contributed by atoms with van der Waals surface area (Å²) in [6.07, 6.45) is 0.0288. The van der Waals surface area contributed by atoms with E-state index in [0.29, 0.717) is 19.7 Å². The Morgan fingerprint density at radius 3 is 1.97 bits per heavy atom. The first-order valence-electron chi connectivity index (χ1n) is 10.4. The van der Waals surface area contributed by atoms with Gasteiger partial charge in [0.2, 0.25) is 0 Å². The fourth-order valence-electron chi connectivity index (χ4n) is 4.30. The third kappa shape index (κ3) is 4.13. The molecule has 0 bridgehead atoms. The van der Waals surface area contributed by atoms with Gasteiger partial charge >= 0.3 is 0 Å². The van der Waals surface area contributed by atoms with Gasteiger partial charge in [-0.2, -0.15) is 0 Å². The Bertz CT molecular complexity index is 880. The van der Waals surface area contributed by atoms with Crippen molar-refractivity contribution in [3.8, 4) is 0 Å². The van der Waals surface area contributed by atoms with E-state index in [9.17, 15) is 5.11 Å². The molecule has 1 aliphatic heterocycles. The Kier molecular flexibility index (Phi) is 5.81. The number of nitrogens with zero attached hydrogens (tertiary/aromatic N) is 1. The quantitative estimate of drug-likeness (QED) is 0.614. The summed E-state index contributed by atoms with van der Waals surface area (Å²) in [5, 5.41) is 11.3. The van der Waals surface area contributed by atoms with Crippen LogP contribution in [0.5, 0.6) is 0 Å². The van der Waals surface area contributed by atoms with Gasteiger partial charge in [-0.1, -0.05) is 84.9 Å². The Balaban J connectivity index is 1.57. The van der Waals surface area contributed by atoms with Crippen molar-refractivity contribution in [2.75, 3.05) is 19.7 Å². The first-order valence-corrected chi connectivity index (χ1v) is 10.4. The molecule has 0 radical (unpaired) electrons. The van der Waals surface area contributed by atoms with Gasteiger partial charge in [0, 0.05) is 19.7 Å². The molecule has 3 heteroatoms. The summed E-state index contributed by atoms with van der Waals surface area (Å²) in [4.78, 5) is 2.35. The summed E-state index contributed by atoms with van der Waals surface area (Å²) in [6.45, 7) is 5.95. The monoisotopic (exact) mass is 387 g/mol. The molecule has 150 valence electrons. The predicted octanol–water partition coefficient (Wildman–Crippen LogP) is 5.08. The van der Waals surface area contributed by atoms with E-state index in [1.54, 1.807) is 0 Å². The van der Waals surface area contributed by atoms with Gasteiger partial charge in [-0.25, -0.2) is 0 Å². The van der Waals surface area contributed by atoms with E-state index in [2.05, 4.69) is 72.5 Å². The molecule has 0 spiro atoms. The molecule has 4 rings (SSSR count). The molecule has 29 heavy (non-hydrogen) atoms. The van der Waals surface area contributed by atoms with Crippen LogP contribution in [0.2, 0.25) is 0 Å². The van der Waals surface area contributed by atoms with Crippen molar-refractivity contribution in [1.82, 2.24) is 4.90 Å². The lowest BCUT2D eigenvalue weighted by molar-refractivity contribution is -0.116. The van der Waals surface area contributed by atoms with Crippen LogP contribution in [0.4, 0.5) is 0 Å². The zero-order valence-corrected chi connectivity index (χ0v) is 17.2. The average Bonchev–Trinajstić information content (AvgIpc) is 2.74. The molecule has 3 aromatic rings. The van der Waals surface area contributed by atoms with E-state index >= 15 is 0 Å². The summed E-state index contributed by atoms with van der Waals surface area (Å²) in [7, 11) is 0. The number of ether oxygens (including phenoxy) is 1. The molecule has 0 saturated carbocycles. The molecule has 1 aliphatic rings. The zero-order valence-electron chi connectivity index (χ0n) is 17.2. The summed E-state index contributed by atoms with van der Waals surface area (Å²) >= 11 is 0. The molecule has 3 nitrogen and oxygen atoms in total. The Hall–Kier alpha value is -2.46. The van der Waals surface area contributed by atoms with E-state index in [1.165, 1.54) is 11.1 Å². The van der Waals surface area contributed by atoms with Crippen molar-refractivity contribution in [3.63, 3.8) is 0 Å². The molecule has 0 amide bonds. The number of likely N-dealkylation sites (tertiary alicyclic amines) is 1. The van der Waals surface area contributed by atoms with E-state index < -0.39 is 5.60 Å². The van der Waals surface area contributed by atoms with Gasteiger partial charge in [0.1, 0.15) is 5.60 Å². The van der Waals surface area contributed by atoms with Crippen LogP contribution in [0, 0.1) is 0 Å². The summed E-state index contributed by atoms with van der Waals surface area (Å²) in [5.41, 5.74) is 3.75. The number of aliphatic hydroxyl groups is 1. The maximum atomic E-state index is 11.3. The van der Waals surface area contributed by atoms with Crippen molar-refractivity contribution in [2.45, 2.75) is 31.6 Å². The highest BCUT2D eigenvalue weighted by molar-refractivity contribution is 5.36. The van der Waals surface area contributed by atoms with Crippen molar-refractivity contribution in [1.29, 1.82) is 0 Å². The number of benzene rings is 3. The minimum atomic E-state index is -0.830. The van der Waals surface area contributed by atoms with Crippen molar-refractivity contribution < 1.29 is 9.84 Å². The van der Waals surface area contributed by atoms with Gasteiger partial charge in [-0.05, 0) is 36.1 Å². The van der Waals surface area contributed by atoms with Gasteiger partial charge in [0.25, 0.3) is 0 Å². The number of β-amino-alcohol motifs (C(OH)–C–C–N with tert-alkyl or cyclic N) is 1. The lowest BCUT2D eigenvalue weighted by atomic mass is 9.82. The second-order valence-electron chi connectivity index (χ2n) is 7.88. The first kappa shape index (κ1) is 19.8. The first-order chi connectivity index (χ1) is 14.1. The maximum Gasteiger partial charge on any atom is 0.115 e. The Morgan fingerprint density at radius 2 is 1.41 bits per heavy atom. The van der Waals surface area contributed by atoms with Crippen LogP contribution in [0.1, 0.15) is 48.2 Å². The van der Waals surface area contributed by atoms with E-state index in [4.69, 9.17) is 4.74 Å². The lowest BCUT2D eigenvalue weighted by Gasteiger charge is -2.50. The van der Waals surface area contributed by atoms with Crippen molar-refractivity contribution in [2.24, 2.45) is 0 Å². The number of rotatable bonds is 7. The fourth-order valence-corrected chi connectivity index (χ4v) is 4.30. The largest absolute Gasteiger partial charge is 0.382 e. The van der Waals surface area contributed by atoms with Gasteiger partial charge in [-0.15, -0.1) is 0 Å². The highest BCUT2D eigenvalue weighted by Gasteiger charge is 2.46. The minimum absolute atomic E-state index is 0.0288. The normalized spacial score (nSPS) is 17.1. The van der Waals surface area contributed by atoms with Gasteiger partial charge < -0.3 is 9.84 Å². The molecule has 0 aliphatic carbocycles. The van der Waals surface area contributed by atoms with E-state index in [1.807, 2.05) is 31.2 Å². The maximum absolute atomic E-state index is 11.3. The highest BCUT2D eigenvalue weighted by Crippen LogP contribution is 2.41. The standard InChI is InChI=1S/C26H29NO2/c1-3-29-20(2)23-15-10-16-24(17-23)26(28)18-27(19-26)25(21-11-6-4-7-12-21)22-13-8-5-9-14-22/h4-17,20,25,28H,3,18-19H2,1-2H3. The molecular formula is C26H29NO2. The van der Waals surface area contributed by atoms with Gasteiger partial charge in [0.15, 0.2) is 0 Å². The van der Waals surface area contributed by atoms with Crippen LogP contribution in [-0.4, -0.2) is 29.7 Å². The molecule has 3 aromatic carbocycles. The molecule has 1 heterocycles. The van der Waals surface area contributed by atoms with Crippen LogP contribution in [-0.2, 0) is 10.3 Å². The smallest absolute Gasteiger partial charge is 0.115 e. The van der Waals surface area contributed by atoms with E-state index in [-0.39, 0.29) is 12.1 Å². The average molecular weight is 388 g/mol. The van der Waals surface area contributed by atoms with Crippen LogP contribution in [0.25, 0.3) is 0 Å². The zero-order chi connectivity index (χ0) is 20.3. The summed E-state index contributed by atoms with van der Waals surface area (Å²) < 4.78 is 5.73. The molecular weight excluding hydrogens is 358 g/mol. The molecule has 1 atom stereocenters. The molecule has 0 aromatic heterocycles. The number of hydrogen-bond acceptors (Lipinski definition) is 3. The SMILES string of the molecule is CCOC(C)c1cccc(C2(O)CN(C(c3ccccc3)c3ccccc3)C2)c1. The van der Waals surface area contributed by atoms with Gasteiger partial charge in [0.05, 0.1) is 12.1 Å². The van der Waals surface area contributed by atoms with Crippen LogP contribution in [0.3, 0.4) is 0 Å². The van der Waals surface area contributed by atoms with Crippen molar-refractivity contribution >= 4 is 0 Å². The topological polar surface area (TPSA) is 32.7 Å². The van der Waals surface area contributed by atoms with Crippen LogP contribution < -0.4 is 0 Å². The van der Waals surface area contributed by atoms with Crippen LogP contribution in [0.15, 0.2) is 84.9 Å². The Labute approximate surface area is 173 Å². The highest BCUT2D eigenvalue weighted by atomic mass is 16.5. The van der Waals surface area contributed by atoms with Crippen molar-refractivity contribution in [3.05, 3.63) is 107 Å². The summed E-state index contributed by atoms with van der Waals surface area (Å²) in [5.74, 6) is 0. The van der Waals surface area contributed by atoms with Crippen LogP contribution >= 0.6 is 0 Å². The second kappa shape index (κ2) is 8.50. The summed E-state index contributed by atoms with van der Waals surface area (Å²) in [6, 6.07) is 29.4. The fraction of sp³-hybridized carbons (Fsp3) is 0.308. The molecule has 1 fully saturated rings. The minimum Gasteiger partial charge on any atom is -0.382 e. The molecule has 1 unspecified atom stereocenters. The second-order valence-corrected chi connectivity index (χ2v) is 7.88. The predicted molar refractivity (Wildman–Crippen MR) is 117 cm³/mol. The van der Waals surface area contributed by atoms with Gasteiger partial charge in [-0.3, -0.25) is 4.90 Å².